The minimum atomic E-state index is 0.377. The summed E-state index contributed by atoms with van der Waals surface area (Å²) in [5, 5.41) is 0. The van der Waals surface area contributed by atoms with Crippen molar-refractivity contribution in [2.75, 3.05) is 12.5 Å². The predicted molar refractivity (Wildman–Crippen MR) is 90.0 cm³/mol. The molecular weight excluding hydrogens is 352 g/mol. The number of benzene rings is 1. The van der Waals surface area contributed by atoms with Crippen molar-refractivity contribution in [1.29, 1.82) is 0 Å². The predicted octanol–water partition coefficient (Wildman–Crippen LogP) is 4.40. The Morgan fingerprint density at radius 1 is 1.48 bits per heavy atom. The van der Waals surface area contributed by atoms with Crippen LogP contribution in [0.25, 0.3) is 11.0 Å². The van der Waals surface area contributed by atoms with Crippen molar-refractivity contribution in [3.63, 3.8) is 0 Å². The molecule has 3 nitrogen and oxygen atoms in total. The highest BCUT2D eigenvalue weighted by Gasteiger charge is 2.28. The lowest BCUT2D eigenvalue weighted by Gasteiger charge is -2.19. The molecular formula is C16H20BrClN2O. The van der Waals surface area contributed by atoms with Gasteiger partial charge in [0.15, 0.2) is 0 Å². The fourth-order valence-electron chi connectivity index (χ4n) is 3.22. The molecule has 1 aliphatic heterocycles. The molecule has 0 bridgehead atoms. The molecule has 1 aromatic carbocycles. The van der Waals surface area contributed by atoms with Gasteiger partial charge in [0, 0.05) is 35.8 Å². The van der Waals surface area contributed by atoms with E-state index >= 15 is 0 Å². The molecule has 1 aliphatic rings. The van der Waals surface area contributed by atoms with Crippen LogP contribution in [-0.2, 0) is 17.7 Å². The summed E-state index contributed by atoms with van der Waals surface area (Å²) in [6.45, 7) is 4.06. The van der Waals surface area contributed by atoms with Crippen LogP contribution in [0.15, 0.2) is 22.7 Å². The van der Waals surface area contributed by atoms with E-state index in [2.05, 4.69) is 45.6 Å². The Morgan fingerprint density at radius 2 is 2.33 bits per heavy atom. The van der Waals surface area contributed by atoms with Gasteiger partial charge in [-0.15, -0.1) is 11.6 Å². The van der Waals surface area contributed by atoms with E-state index in [0.29, 0.717) is 17.9 Å². The Bertz CT molecular complexity index is 628. The maximum atomic E-state index is 5.95. The van der Waals surface area contributed by atoms with E-state index in [1.165, 1.54) is 5.52 Å². The molecule has 2 unspecified atom stereocenters. The van der Waals surface area contributed by atoms with Crippen LogP contribution < -0.4 is 0 Å². The number of hydrogen-bond donors (Lipinski definition) is 0. The molecule has 0 radical (unpaired) electrons. The SMILES string of the molecule is CCC1OCCC1Cn1c(CCCl)nc2cc(Br)ccc21. The number of aromatic nitrogens is 2. The van der Waals surface area contributed by atoms with Crippen LogP contribution in [0.5, 0.6) is 0 Å². The molecule has 2 heterocycles. The molecule has 21 heavy (non-hydrogen) atoms. The van der Waals surface area contributed by atoms with Crippen molar-refractivity contribution < 1.29 is 4.74 Å². The van der Waals surface area contributed by atoms with Crippen LogP contribution in [0.2, 0.25) is 0 Å². The summed E-state index contributed by atoms with van der Waals surface area (Å²) < 4.78 is 9.23. The van der Waals surface area contributed by atoms with E-state index in [9.17, 15) is 0 Å². The molecule has 2 atom stereocenters. The molecule has 0 N–H and O–H groups in total. The van der Waals surface area contributed by atoms with Gasteiger partial charge in [-0.3, -0.25) is 0 Å². The highest BCUT2D eigenvalue weighted by Crippen LogP contribution is 2.28. The van der Waals surface area contributed by atoms with Gasteiger partial charge in [-0.2, -0.15) is 0 Å². The molecule has 0 aliphatic carbocycles. The van der Waals surface area contributed by atoms with E-state index in [1.54, 1.807) is 0 Å². The molecule has 5 heteroatoms. The largest absolute Gasteiger partial charge is 0.378 e. The first kappa shape index (κ1) is 15.3. The van der Waals surface area contributed by atoms with Gasteiger partial charge in [-0.25, -0.2) is 4.98 Å². The first-order valence-electron chi connectivity index (χ1n) is 7.55. The number of halogens is 2. The summed E-state index contributed by atoms with van der Waals surface area (Å²) >= 11 is 9.47. The number of alkyl halides is 1. The van der Waals surface area contributed by atoms with Crippen LogP contribution in [-0.4, -0.2) is 28.1 Å². The van der Waals surface area contributed by atoms with Gasteiger partial charge in [0.2, 0.25) is 0 Å². The first-order valence-corrected chi connectivity index (χ1v) is 8.88. The highest BCUT2D eigenvalue weighted by molar-refractivity contribution is 9.10. The van der Waals surface area contributed by atoms with E-state index < -0.39 is 0 Å². The van der Waals surface area contributed by atoms with Crippen LogP contribution in [0.1, 0.15) is 25.6 Å². The summed E-state index contributed by atoms with van der Waals surface area (Å²) in [6.07, 6.45) is 3.39. The number of hydrogen-bond acceptors (Lipinski definition) is 2. The monoisotopic (exact) mass is 370 g/mol. The summed E-state index contributed by atoms with van der Waals surface area (Å²) in [5.74, 6) is 2.26. The first-order chi connectivity index (χ1) is 10.2. The van der Waals surface area contributed by atoms with Gasteiger partial charge in [0.05, 0.1) is 17.1 Å². The molecule has 1 aromatic heterocycles. The average molecular weight is 372 g/mol. The Balaban J connectivity index is 1.96. The third-order valence-corrected chi connectivity index (χ3v) is 4.96. The lowest BCUT2D eigenvalue weighted by Crippen LogP contribution is -2.21. The van der Waals surface area contributed by atoms with Gasteiger partial charge in [0.25, 0.3) is 0 Å². The molecule has 2 aromatic rings. The minimum absolute atomic E-state index is 0.377. The lowest BCUT2D eigenvalue weighted by molar-refractivity contribution is 0.0836. The van der Waals surface area contributed by atoms with Crippen molar-refractivity contribution in [2.24, 2.45) is 5.92 Å². The number of fused-ring (bicyclic) bond motifs is 1. The van der Waals surface area contributed by atoms with Crippen molar-refractivity contribution in [1.82, 2.24) is 9.55 Å². The summed E-state index contributed by atoms with van der Waals surface area (Å²) in [5.41, 5.74) is 2.23. The molecule has 1 saturated heterocycles. The highest BCUT2D eigenvalue weighted by atomic mass is 79.9. The van der Waals surface area contributed by atoms with E-state index in [1.807, 2.05) is 0 Å². The standard InChI is InChI=1S/C16H20BrClN2O/c1-2-15-11(6-8-21-15)10-20-14-4-3-12(17)9-13(14)19-16(20)5-7-18/h3-4,9,11,15H,2,5-8,10H2,1H3. The number of imidazole rings is 1. The number of rotatable bonds is 5. The van der Waals surface area contributed by atoms with Gasteiger partial charge in [-0.1, -0.05) is 22.9 Å². The Kier molecular flexibility index (Phi) is 4.87. The zero-order valence-corrected chi connectivity index (χ0v) is 14.5. The second kappa shape index (κ2) is 6.67. The molecule has 1 fully saturated rings. The van der Waals surface area contributed by atoms with E-state index in [0.717, 1.165) is 48.2 Å². The zero-order chi connectivity index (χ0) is 14.8. The molecule has 0 amide bonds. The topological polar surface area (TPSA) is 27.1 Å². The van der Waals surface area contributed by atoms with Crippen molar-refractivity contribution >= 4 is 38.6 Å². The maximum absolute atomic E-state index is 5.95. The van der Waals surface area contributed by atoms with Crippen molar-refractivity contribution in [3.8, 4) is 0 Å². The van der Waals surface area contributed by atoms with Crippen LogP contribution in [0.4, 0.5) is 0 Å². The number of ether oxygens (including phenoxy) is 1. The second-order valence-electron chi connectivity index (χ2n) is 5.58. The zero-order valence-electron chi connectivity index (χ0n) is 12.2. The van der Waals surface area contributed by atoms with E-state index in [-0.39, 0.29) is 0 Å². The van der Waals surface area contributed by atoms with Crippen LogP contribution in [0, 0.1) is 5.92 Å². The van der Waals surface area contributed by atoms with E-state index in [4.69, 9.17) is 21.3 Å². The summed E-state index contributed by atoms with van der Waals surface area (Å²) in [7, 11) is 0. The normalized spacial score (nSPS) is 22.2. The molecule has 114 valence electrons. The molecule has 3 rings (SSSR count). The van der Waals surface area contributed by atoms with Crippen LogP contribution in [0.3, 0.4) is 0 Å². The number of nitrogens with zero attached hydrogens (tertiary/aromatic N) is 2. The third kappa shape index (κ3) is 3.13. The quantitative estimate of drug-likeness (QED) is 0.729. The maximum Gasteiger partial charge on any atom is 0.111 e. The van der Waals surface area contributed by atoms with Crippen LogP contribution >= 0.6 is 27.5 Å². The van der Waals surface area contributed by atoms with Crippen molar-refractivity contribution in [2.45, 2.75) is 38.8 Å². The third-order valence-electron chi connectivity index (χ3n) is 4.27. The number of aryl methyl sites for hydroxylation is 1. The molecule has 0 saturated carbocycles. The average Bonchev–Trinajstić information content (AvgIpc) is 3.04. The Morgan fingerprint density at radius 3 is 3.10 bits per heavy atom. The second-order valence-corrected chi connectivity index (χ2v) is 6.87. The van der Waals surface area contributed by atoms with Crippen molar-refractivity contribution in [3.05, 3.63) is 28.5 Å². The van der Waals surface area contributed by atoms with Gasteiger partial charge in [0.1, 0.15) is 5.82 Å². The van der Waals surface area contributed by atoms with Gasteiger partial charge < -0.3 is 9.30 Å². The lowest BCUT2D eigenvalue weighted by atomic mass is 9.99. The Labute approximate surface area is 138 Å². The van der Waals surface area contributed by atoms with Gasteiger partial charge >= 0.3 is 0 Å². The van der Waals surface area contributed by atoms with Gasteiger partial charge in [-0.05, 0) is 31.0 Å². The molecule has 0 spiro atoms. The Hall–Kier alpha value is -0.580. The fourth-order valence-corrected chi connectivity index (χ4v) is 3.74. The summed E-state index contributed by atoms with van der Waals surface area (Å²) in [6, 6.07) is 6.29. The summed E-state index contributed by atoms with van der Waals surface area (Å²) in [4.78, 5) is 4.76. The smallest absolute Gasteiger partial charge is 0.111 e. The minimum Gasteiger partial charge on any atom is -0.378 e. The fraction of sp³-hybridized carbons (Fsp3) is 0.562.